The first-order chi connectivity index (χ1) is 9.70. The van der Waals surface area contributed by atoms with E-state index in [9.17, 15) is 4.79 Å². The van der Waals surface area contributed by atoms with Crippen molar-refractivity contribution in [1.29, 1.82) is 0 Å². The number of nitrogens with zero attached hydrogens (tertiary/aromatic N) is 2. The van der Waals surface area contributed by atoms with Crippen LogP contribution in [0.2, 0.25) is 0 Å². The number of benzene rings is 1. The molecule has 1 aromatic heterocycles. The summed E-state index contributed by atoms with van der Waals surface area (Å²) in [4.78, 5) is 16.0. The fraction of sp³-hybridized carbons (Fsp3) is 0.400. The van der Waals surface area contributed by atoms with Crippen LogP contribution < -0.4 is 0 Å². The van der Waals surface area contributed by atoms with Crippen molar-refractivity contribution < 1.29 is 14.1 Å². The summed E-state index contributed by atoms with van der Waals surface area (Å²) in [5, 5.41) is 4.01. The third-order valence-corrected chi connectivity index (χ3v) is 3.63. The first-order valence-corrected chi connectivity index (χ1v) is 6.78. The number of rotatable bonds is 4. The highest BCUT2D eigenvalue weighted by molar-refractivity contribution is 5.76. The third kappa shape index (κ3) is 2.09. The molecule has 1 heterocycles. The van der Waals surface area contributed by atoms with Gasteiger partial charge in [-0.2, -0.15) is 4.98 Å². The zero-order chi connectivity index (χ0) is 14.1. The van der Waals surface area contributed by atoms with Gasteiger partial charge in [0.05, 0.1) is 12.5 Å². The summed E-state index contributed by atoms with van der Waals surface area (Å²) < 4.78 is 10.2. The molecular formula is C15H16N2O3. The van der Waals surface area contributed by atoms with Crippen molar-refractivity contribution in [2.75, 3.05) is 6.61 Å². The number of hydrogen-bond acceptors (Lipinski definition) is 5. The van der Waals surface area contributed by atoms with Crippen LogP contribution in [0.15, 0.2) is 28.8 Å². The highest BCUT2D eigenvalue weighted by atomic mass is 16.5. The first-order valence-electron chi connectivity index (χ1n) is 6.78. The molecule has 1 aliphatic rings. The van der Waals surface area contributed by atoms with Crippen molar-refractivity contribution in [2.24, 2.45) is 0 Å². The lowest BCUT2D eigenvalue weighted by Crippen LogP contribution is -2.19. The first kappa shape index (κ1) is 12.8. The van der Waals surface area contributed by atoms with E-state index in [2.05, 4.69) is 22.3 Å². The van der Waals surface area contributed by atoms with Crippen LogP contribution in [-0.4, -0.2) is 22.7 Å². The lowest BCUT2D eigenvalue weighted by Gasteiger charge is -2.27. The number of hydrogen-bond donors (Lipinski definition) is 0. The van der Waals surface area contributed by atoms with E-state index in [-0.39, 0.29) is 11.9 Å². The molecule has 20 heavy (non-hydrogen) atoms. The van der Waals surface area contributed by atoms with Crippen LogP contribution in [-0.2, 0) is 16.0 Å². The van der Waals surface area contributed by atoms with Crippen LogP contribution in [0, 0.1) is 0 Å². The largest absolute Gasteiger partial charge is 0.465 e. The van der Waals surface area contributed by atoms with E-state index in [1.807, 2.05) is 12.1 Å². The maximum atomic E-state index is 11.7. The van der Waals surface area contributed by atoms with Crippen molar-refractivity contribution in [1.82, 2.24) is 10.1 Å². The summed E-state index contributed by atoms with van der Waals surface area (Å²) in [5.41, 5.74) is 2.56. The Morgan fingerprint density at radius 2 is 2.30 bits per heavy atom. The summed E-state index contributed by atoms with van der Waals surface area (Å²) in [7, 11) is 0. The van der Waals surface area contributed by atoms with Gasteiger partial charge >= 0.3 is 5.97 Å². The third-order valence-electron chi connectivity index (χ3n) is 3.63. The SMILES string of the molecule is CCOC(=O)C(C)c1nc(C2Cc3ccccc32)no1. The molecule has 0 radical (unpaired) electrons. The second-order valence-electron chi connectivity index (χ2n) is 4.92. The monoisotopic (exact) mass is 272 g/mol. The summed E-state index contributed by atoms with van der Waals surface area (Å²) >= 11 is 0. The zero-order valence-corrected chi connectivity index (χ0v) is 11.5. The van der Waals surface area contributed by atoms with Gasteiger partial charge in [-0.15, -0.1) is 0 Å². The molecule has 0 amide bonds. The Morgan fingerprint density at radius 1 is 1.50 bits per heavy atom. The number of fused-ring (bicyclic) bond motifs is 1. The Bertz CT molecular complexity index is 636. The predicted octanol–water partition coefficient (Wildman–Crippen LogP) is 2.42. The molecule has 0 bridgehead atoms. The molecule has 0 fully saturated rings. The number of aromatic nitrogens is 2. The molecule has 2 atom stereocenters. The van der Waals surface area contributed by atoms with Gasteiger partial charge in [0.1, 0.15) is 5.92 Å². The normalized spacial score (nSPS) is 18.0. The lowest BCUT2D eigenvalue weighted by molar-refractivity contribution is -0.145. The van der Waals surface area contributed by atoms with Gasteiger partial charge < -0.3 is 9.26 Å². The summed E-state index contributed by atoms with van der Waals surface area (Å²) in [6.07, 6.45) is 0.920. The molecule has 0 N–H and O–H groups in total. The second kappa shape index (κ2) is 5.07. The fourth-order valence-electron chi connectivity index (χ4n) is 2.42. The van der Waals surface area contributed by atoms with Crippen molar-refractivity contribution in [3.8, 4) is 0 Å². The molecule has 0 saturated heterocycles. The molecule has 5 nitrogen and oxygen atoms in total. The smallest absolute Gasteiger partial charge is 0.318 e. The van der Waals surface area contributed by atoms with Crippen molar-refractivity contribution in [2.45, 2.75) is 32.1 Å². The molecule has 3 rings (SSSR count). The minimum Gasteiger partial charge on any atom is -0.465 e. The Labute approximate surface area is 116 Å². The van der Waals surface area contributed by atoms with Gasteiger partial charge in [0.2, 0.25) is 5.89 Å². The summed E-state index contributed by atoms with van der Waals surface area (Å²) in [6, 6.07) is 8.22. The molecule has 0 aliphatic heterocycles. The predicted molar refractivity (Wildman–Crippen MR) is 71.3 cm³/mol. The molecular weight excluding hydrogens is 256 g/mol. The van der Waals surface area contributed by atoms with Crippen LogP contribution in [0.25, 0.3) is 0 Å². The molecule has 2 unspecified atom stereocenters. The van der Waals surface area contributed by atoms with Gasteiger partial charge in [-0.25, -0.2) is 0 Å². The standard InChI is InChI=1S/C15H16N2O3/c1-3-19-15(18)9(2)14-16-13(17-20-14)12-8-10-6-4-5-7-11(10)12/h4-7,9,12H,3,8H2,1-2H3. The van der Waals surface area contributed by atoms with E-state index in [0.29, 0.717) is 18.3 Å². The maximum Gasteiger partial charge on any atom is 0.318 e. The average Bonchev–Trinajstić information content (AvgIpc) is 2.89. The van der Waals surface area contributed by atoms with E-state index < -0.39 is 5.92 Å². The van der Waals surface area contributed by atoms with Crippen molar-refractivity contribution in [3.63, 3.8) is 0 Å². The van der Waals surface area contributed by atoms with E-state index in [1.165, 1.54) is 11.1 Å². The Balaban J connectivity index is 1.77. The average molecular weight is 272 g/mol. The zero-order valence-electron chi connectivity index (χ0n) is 11.5. The van der Waals surface area contributed by atoms with Gasteiger partial charge in [-0.05, 0) is 31.4 Å². The van der Waals surface area contributed by atoms with Gasteiger partial charge in [0, 0.05) is 0 Å². The molecule has 0 spiro atoms. The van der Waals surface area contributed by atoms with Crippen LogP contribution in [0.3, 0.4) is 0 Å². The highest BCUT2D eigenvalue weighted by Crippen LogP contribution is 2.38. The van der Waals surface area contributed by atoms with E-state index in [4.69, 9.17) is 9.26 Å². The lowest BCUT2D eigenvalue weighted by atomic mass is 9.77. The summed E-state index contributed by atoms with van der Waals surface area (Å²) in [6.45, 7) is 3.83. The van der Waals surface area contributed by atoms with Crippen molar-refractivity contribution in [3.05, 3.63) is 47.1 Å². The Morgan fingerprint density at radius 3 is 3.05 bits per heavy atom. The minimum absolute atomic E-state index is 0.179. The van der Waals surface area contributed by atoms with Gasteiger partial charge in [-0.3, -0.25) is 4.79 Å². The van der Waals surface area contributed by atoms with Crippen LogP contribution in [0.5, 0.6) is 0 Å². The van der Waals surface area contributed by atoms with Gasteiger partial charge in [0.25, 0.3) is 0 Å². The molecule has 104 valence electrons. The van der Waals surface area contributed by atoms with E-state index in [0.717, 1.165) is 6.42 Å². The molecule has 1 aromatic carbocycles. The minimum atomic E-state index is -0.522. The maximum absolute atomic E-state index is 11.7. The van der Waals surface area contributed by atoms with Crippen LogP contribution >= 0.6 is 0 Å². The van der Waals surface area contributed by atoms with Gasteiger partial charge in [0.15, 0.2) is 5.82 Å². The number of carbonyl (C=O) groups excluding carboxylic acids is 1. The van der Waals surface area contributed by atoms with E-state index in [1.54, 1.807) is 13.8 Å². The highest BCUT2D eigenvalue weighted by Gasteiger charge is 2.32. The van der Waals surface area contributed by atoms with E-state index >= 15 is 0 Å². The Kier molecular flexibility index (Phi) is 3.26. The molecule has 5 heteroatoms. The summed E-state index contributed by atoms with van der Waals surface area (Å²) in [5.74, 6) is 0.291. The van der Waals surface area contributed by atoms with Gasteiger partial charge in [-0.1, -0.05) is 29.4 Å². The Hall–Kier alpha value is -2.17. The number of esters is 1. The number of carbonyl (C=O) groups is 1. The second-order valence-corrected chi connectivity index (χ2v) is 4.92. The van der Waals surface area contributed by atoms with Crippen molar-refractivity contribution >= 4 is 5.97 Å². The number of ether oxygens (including phenoxy) is 1. The quantitative estimate of drug-likeness (QED) is 0.800. The van der Waals surface area contributed by atoms with Crippen LogP contribution in [0.1, 0.15) is 48.5 Å². The fourth-order valence-corrected chi connectivity index (χ4v) is 2.42. The van der Waals surface area contributed by atoms with Crippen LogP contribution in [0.4, 0.5) is 0 Å². The molecule has 0 saturated carbocycles. The molecule has 2 aromatic rings. The molecule has 1 aliphatic carbocycles. The topological polar surface area (TPSA) is 65.2 Å².